The van der Waals surface area contributed by atoms with E-state index in [0.717, 1.165) is 78.8 Å². The number of nitrogens with zero attached hydrogens (tertiary/aromatic N) is 20. The number of carboxylic acid groups (broad SMARTS) is 1. The molecule has 4 aliphatic rings. The van der Waals surface area contributed by atoms with Crippen molar-refractivity contribution < 1.29 is 46.7 Å². The van der Waals surface area contributed by atoms with Gasteiger partial charge in [-0.1, -0.05) is 178 Å². The first-order valence-corrected chi connectivity index (χ1v) is 51.3. The van der Waals surface area contributed by atoms with Crippen LogP contribution in [0.15, 0.2) is 219 Å². The number of anilines is 4. The molecule has 16 heterocycles. The van der Waals surface area contributed by atoms with Gasteiger partial charge in [0.15, 0.2) is 51.1 Å². The Morgan fingerprint density at radius 1 is 0.315 bits per heavy atom. The molecular weight excluding hydrogens is 1960 g/mol. The first-order valence-electron chi connectivity index (χ1n) is 49.7. The molecule has 4 fully saturated rings. The summed E-state index contributed by atoms with van der Waals surface area (Å²) in [6, 6.07) is 50.7. The van der Waals surface area contributed by atoms with Gasteiger partial charge in [-0.05, 0) is 182 Å². The van der Waals surface area contributed by atoms with Crippen LogP contribution in [-0.4, -0.2) is 215 Å². The van der Waals surface area contributed by atoms with Gasteiger partial charge in [0.05, 0.1) is 51.1 Å². The molecule has 1 N–H and O–H groups in total. The third kappa shape index (κ3) is 23.3. The van der Waals surface area contributed by atoms with Crippen molar-refractivity contribution >= 4 is 144 Å². The van der Waals surface area contributed by atoms with Crippen LogP contribution in [0.2, 0.25) is 20.1 Å². The van der Waals surface area contributed by atoms with E-state index in [1.165, 1.54) is 6.07 Å². The van der Waals surface area contributed by atoms with Gasteiger partial charge in [0.1, 0.15) is 27.9 Å². The van der Waals surface area contributed by atoms with Crippen LogP contribution in [-0.2, 0) is 21.7 Å². The number of carboxylic acids is 1. The molecule has 4 aliphatic heterocycles. The summed E-state index contributed by atoms with van der Waals surface area (Å²) in [7, 11) is 0. The SMILES string of the molecule is CC(C)(C)c1cc(-c2ccc(Cl)cc2)nc2cc(C(=O)N3CCN(c4cnccn4)CC3(C)C)oc12.CC(C)(C)c1cc(-c2ccc(Cl)cc2)nc2cc(C(=O)N3CCN(c4ncccn4)CC3(C)C)oc12.Cc1cc(C(=O)O)nc(N2CCN(C(=O)c3cc4nc(-c5ccc(Cl)cc5)cc(C(C)(C)C)c4o3)C(C)(C)C2)n1.Cc1ccnc(N2CCN(C(=O)c3cc4nc(-c5ccc(Cl)cc5)cc(C(C)(C)C)c4o3)C(C)(C)C2)n1. The number of piperazine rings is 4. The average molecular weight is 2090 g/mol. The lowest BCUT2D eigenvalue weighted by Crippen LogP contribution is -2.61. The van der Waals surface area contributed by atoms with Gasteiger partial charge in [-0.3, -0.25) is 24.2 Å². The number of pyridine rings is 4. The minimum absolute atomic E-state index is 0.0544. The Kier molecular flexibility index (Phi) is 29.4. The van der Waals surface area contributed by atoms with E-state index in [0.29, 0.717) is 184 Å². The summed E-state index contributed by atoms with van der Waals surface area (Å²) < 4.78 is 25.0. The fourth-order valence-corrected chi connectivity index (χ4v) is 20.0. The zero-order chi connectivity index (χ0) is 107. The minimum Gasteiger partial charge on any atom is -0.477 e. The van der Waals surface area contributed by atoms with Crippen molar-refractivity contribution in [3.8, 4) is 45.0 Å². The lowest BCUT2D eigenvalue weighted by atomic mass is 9.86. The highest BCUT2D eigenvalue weighted by molar-refractivity contribution is 6.31. The van der Waals surface area contributed by atoms with E-state index in [1.54, 1.807) is 79.3 Å². The zero-order valence-corrected chi connectivity index (χ0v) is 91.1. The Balaban J connectivity index is 0.000000135. The number of hydrogen-bond donors (Lipinski definition) is 1. The fourth-order valence-electron chi connectivity index (χ4n) is 19.5. The number of furan rings is 4. The van der Waals surface area contributed by atoms with Crippen LogP contribution < -0.4 is 19.6 Å². The molecule has 0 radical (unpaired) electrons. The second-order valence-corrected chi connectivity index (χ2v) is 46.7. The number of halogens is 4. The molecule has 4 amide bonds. The maximum Gasteiger partial charge on any atom is 0.354 e. The predicted octanol–water partition coefficient (Wildman–Crippen LogP) is 24.2. The van der Waals surface area contributed by atoms with Crippen LogP contribution in [0, 0.1) is 13.8 Å². The number of carbonyl (C=O) groups is 5. The number of aromatic carboxylic acids is 1. The lowest BCUT2D eigenvalue weighted by Gasteiger charge is -2.47. The normalized spacial score (nSPS) is 15.8. The topological polar surface area (TPSA) is 339 Å². The molecule has 149 heavy (non-hydrogen) atoms. The van der Waals surface area contributed by atoms with Crippen LogP contribution in [0.25, 0.3) is 89.4 Å². The highest BCUT2D eigenvalue weighted by Crippen LogP contribution is 2.44. The molecule has 0 spiro atoms. The summed E-state index contributed by atoms with van der Waals surface area (Å²) in [4.78, 5) is 137. The van der Waals surface area contributed by atoms with Crippen molar-refractivity contribution in [1.29, 1.82) is 0 Å². The maximum atomic E-state index is 13.8. The molecular formula is C115H124Cl4N20O10. The molecule has 4 aromatic carbocycles. The lowest BCUT2D eigenvalue weighted by molar-refractivity contribution is 0.0474. The van der Waals surface area contributed by atoms with E-state index in [4.69, 9.17) is 84.0 Å². The molecule has 0 aliphatic carbocycles. The summed E-state index contributed by atoms with van der Waals surface area (Å²) in [5, 5.41) is 12.1. The first-order chi connectivity index (χ1) is 70.2. The van der Waals surface area contributed by atoms with E-state index in [2.05, 4.69) is 179 Å². The molecule has 20 rings (SSSR count). The average Bonchev–Trinajstić information content (AvgIpc) is 1.57. The van der Waals surface area contributed by atoms with Crippen LogP contribution in [0.4, 0.5) is 23.7 Å². The fraction of sp³-hybridized carbons (Fsp3) is 0.365. The largest absolute Gasteiger partial charge is 0.477 e. The Labute approximate surface area is 887 Å². The molecule has 34 heteroatoms. The Hall–Kier alpha value is -14.3. The summed E-state index contributed by atoms with van der Waals surface area (Å²) >= 11 is 24.4. The van der Waals surface area contributed by atoms with Crippen LogP contribution in [0.3, 0.4) is 0 Å². The quantitative estimate of drug-likeness (QED) is 0.112. The molecule has 772 valence electrons. The summed E-state index contributed by atoms with van der Waals surface area (Å²) in [6.45, 7) is 52.2. The van der Waals surface area contributed by atoms with E-state index in [1.807, 2.05) is 168 Å². The summed E-state index contributed by atoms with van der Waals surface area (Å²) in [5.41, 5.74) is 14.8. The minimum atomic E-state index is -1.10. The summed E-state index contributed by atoms with van der Waals surface area (Å²) in [5.74, 6) is 1.91. The number of aromatic nitrogens is 12. The van der Waals surface area contributed by atoms with Crippen molar-refractivity contribution in [2.45, 2.75) is 196 Å². The molecule has 4 saturated heterocycles. The Morgan fingerprint density at radius 2 is 0.604 bits per heavy atom. The number of hydrogen-bond acceptors (Lipinski definition) is 25. The van der Waals surface area contributed by atoms with E-state index >= 15 is 0 Å². The van der Waals surface area contributed by atoms with Crippen molar-refractivity contribution in [1.82, 2.24) is 79.4 Å². The van der Waals surface area contributed by atoms with Crippen molar-refractivity contribution in [3.63, 3.8) is 0 Å². The number of fused-ring (bicyclic) bond motifs is 4. The molecule has 12 aromatic heterocycles. The molecule has 16 aromatic rings. The highest BCUT2D eigenvalue weighted by Gasteiger charge is 2.46. The van der Waals surface area contributed by atoms with E-state index in [9.17, 15) is 29.1 Å². The number of amides is 4. The smallest absolute Gasteiger partial charge is 0.354 e. The molecule has 30 nitrogen and oxygen atoms in total. The van der Waals surface area contributed by atoms with Gasteiger partial charge in [0.25, 0.3) is 23.6 Å². The molecule has 0 unspecified atom stereocenters. The number of aryl methyl sites for hydroxylation is 2. The van der Waals surface area contributed by atoms with Gasteiger partial charge in [-0.2, -0.15) is 0 Å². The molecule has 0 bridgehead atoms. The van der Waals surface area contributed by atoms with Crippen LogP contribution >= 0.6 is 46.4 Å². The third-order valence-corrected chi connectivity index (χ3v) is 28.3. The van der Waals surface area contributed by atoms with Gasteiger partial charge >= 0.3 is 5.97 Å². The number of carbonyl (C=O) groups excluding carboxylic acids is 4. The third-order valence-electron chi connectivity index (χ3n) is 27.3. The highest BCUT2D eigenvalue weighted by atomic mass is 35.5. The second kappa shape index (κ2) is 41.3. The van der Waals surface area contributed by atoms with Gasteiger partial charge in [-0.15, -0.1) is 0 Å². The van der Waals surface area contributed by atoms with Crippen molar-refractivity contribution in [2.75, 3.05) is 98.1 Å². The standard InChI is InChI=1S/C30H32ClN5O4.C29H32ClN5O2.2C28H30ClN5O2/c1-17-13-23(27(38)39)34-28(32-17)35-11-12-36(30(5,6)16-35)26(37)24-15-22-25(40-24)20(29(2,3)4)14-21(33-22)18-7-9-19(31)10-8-18;1-18-11-12-31-27(32-18)34-13-14-35(29(5,6)17-34)26(36)24-16-23-25(37-24)21(28(2,3)4)15-22(33-23)19-7-9-20(30)10-8-19;1-27(2,3)20-15-21(18-7-9-19(29)10-8-18)32-22-16-23(36-24(20)22)25(35)34-14-13-33(17-28(34,4)5)26-30-11-6-12-31-26;1-27(2,3)20-14-21(18-6-8-19(29)9-7-18)32-22-15-23(36-25(20)22)26(35)34-13-12-33(17-28(34,4)5)24-16-30-10-11-31-24/h7-10,13-15H,11-12,16H2,1-6H3,(H,38,39);7-12,15-16H,13-14,17H2,1-6H3;6-12,15-16H,13-14,17H2,1-5H3;6-11,14-16H,12-13,17H2,1-5H3. The van der Waals surface area contributed by atoms with E-state index < -0.39 is 28.1 Å². The Morgan fingerprint density at radius 3 is 0.893 bits per heavy atom. The van der Waals surface area contributed by atoms with Gasteiger partial charge in [0.2, 0.25) is 17.8 Å². The second-order valence-electron chi connectivity index (χ2n) is 44.9. The van der Waals surface area contributed by atoms with Gasteiger partial charge in [-0.25, -0.2) is 59.6 Å². The maximum absolute atomic E-state index is 13.8. The van der Waals surface area contributed by atoms with Crippen LogP contribution in [0.1, 0.15) is 225 Å². The van der Waals surface area contributed by atoms with Crippen LogP contribution in [0.5, 0.6) is 0 Å². The predicted molar refractivity (Wildman–Crippen MR) is 586 cm³/mol. The monoisotopic (exact) mass is 2080 g/mol. The number of benzene rings is 4. The van der Waals surface area contributed by atoms with E-state index in [-0.39, 0.29) is 56.7 Å². The zero-order valence-electron chi connectivity index (χ0n) is 88.1. The first kappa shape index (κ1) is 106. The molecule has 0 atom stereocenters. The van der Waals surface area contributed by atoms with Crippen molar-refractivity contribution in [2.24, 2.45) is 0 Å². The molecule has 0 saturated carbocycles. The Bertz CT molecular complexity index is 7500. The summed E-state index contributed by atoms with van der Waals surface area (Å²) in [6.07, 6.45) is 10.3. The number of rotatable bonds is 13. The van der Waals surface area contributed by atoms with Gasteiger partial charge < -0.3 is 62.0 Å². The van der Waals surface area contributed by atoms with Crippen molar-refractivity contribution in [3.05, 3.63) is 283 Å². The van der Waals surface area contributed by atoms with Gasteiger partial charge in [0, 0.05) is 210 Å².